The molecule has 0 amide bonds. The zero-order valence-corrected chi connectivity index (χ0v) is 12.6. The van der Waals surface area contributed by atoms with Gasteiger partial charge in [0.2, 0.25) is 0 Å². The second-order valence-electron chi connectivity index (χ2n) is 4.04. The van der Waals surface area contributed by atoms with E-state index in [4.69, 9.17) is 12.2 Å². The number of benzene rings is 2. The lowest BCUT2D eigenvalue weighted by Gasteiger charge is -2.12. The normalized spacial score (nSPS) is 10.1. The fourth-order valence-electron chi connectivity index (χ4n) is 1.56. The number of hydrogen-bond donors (Lipinski definition) is 2. The van der Waals surface area contributed by atoms with Gasteiger partial charge in [-0.1, -0.05) is 18.2 Å². The zero-order chi connectivity index (χ0) is 13.8. The highest BCUT2D eigenvalue weighted by Gasteiger charge is 2.05. The van der Waals surface area contributed by atoms with Gasteiger partial charge in [-0.05, 0) is 64.9 Å². The number of aryl methyl sites for hydroxylation is 1. The standard InChI is InChI=1S/C14H12BrFN2S/c1-9-6-7-13(11(16)8-9)18-14(19)17-12-5-3-2-4-10(12)15/h2-8H,1H3,(H2,17,18,19). The minimum absolute atomic E-state index is 0.323. The molecule has 2 nitrogen and oxygen atoms in total. The highest BCUT2D eigenvalue weighted by Crippen LogP contribution is 2.22. The molecule has 2 aromatic rings. The van der Waals surface area contributed by atoms with E-state index in [1.165, 1.54) is 6.07 Å². The van der Waals surface area contributed by atoms with Gasteiger partial charge in [0.25, 0.3) is 0 Å². The van der Waals surface area contributed by atoms with E-state index in [2.05, 4.69) is 26.6 Å². The Bertz CT molecular complexity index is 616. The first-order chi connectivity index (χ1) is 9.06. The van der Waals surface area contributed by atoms with Crippen LogP contribution in [-0.4, -0.2) is 5.11 Å². The second-order valence-corrected chi connectivity index (χ2v) is 5.30. The summed E-state index contributed by atoms with van der Waals surface area (Å²) < 4.78 is 14.6. The van der Waals surface area contributed by atoms with Crippen molar-refractivity contribution in [2.45, 2.75) is 6.92 Å². The maximum absolute atomic E-state index is 13.7. The predicted molar refractivity (Wildman–Crippen MR) is 85.1 cm³/mol. The van der Waals surface area contributed by atoms with Crippen LogP contribution in [-0.2, 0) is 0 Å². The van der Waals surface area contributed by atoms with Gasteiger partial charge < -0.3 is 10.6 Å². The van der Waals surface area contributed by atoms with Crippen LogP contribution in [0.1, 0.15) is 5.56 Å². The molecule has 98 valence electrons. The number of hydrogen-bond acceptors (Lipinski definition) is 1. The van der Waals surface area contributed by atoms with Gasteiger partial charge in [0, 0.05) is 4.47 Å². The molecular formula is C14H12BrFN2S. The Morgan fingerprint density at radius 3 is 2.47 bits per heavy atom. The molecule has 0 heterocycles. The minimum atomic E-state index is -0.323. The monoisotopic (exact) mass is 338 g/mol. The van der Waals surface area contributed by atoms with Gasteiger partial charge >= 0.3 is 0 Å². The molecule has 0 atom stereocenters. The SMILES string of the molecule is Cc1ccc(NC(=S)Nc2ccccc2Br)c(F)c1. The van der Waals surface area contributed by atoms with Crippen molar-refractivity contribution in [1.82, 2.24) is 0 Å². The summed E-state index contributed by atoms with van der Waals surface area (Å²) in [5.41, 5.74) is 2.05. The van der Waals surface area contributed by atoms with E-state index in [1.54, 1.807) is 6.07 Å². The van der Waals surface area contributed by atoms with Crippen LogP contribution in [0.4, 0.5) is 15.8 Å². The van der Waals surface area contributed by atoms with Gasteiger partial charge in [-0.2, -0.15) is 0 Å². The summed E-state index contributed by atoms with van der Waals surface area (Å²) in [6, 6.07) is 12.5. The maximum Gasteiger partial charge on any atom is 0.175 e. The number of para-hydroxylation sites is 1. The van der Waals surface area contributed by atoms with Crippen LogP contribution in [0.3, 0.4) is 0 Å². The first kappa shape index (κ1) is 14.0. The Labute approximate surface area is 125 Å². The third-order valence-corrected chi connectivity index (χ3v) is 3.39. The highest BCUT2D eigenvalue weighted by molar-refractivity contribution is 9.10. The number of halogens is 2. The van der Waals surface area contributed by atoms with Gasteiger partial charge in [0.15, 0.2) is 5.11 Å². The van der Waals surface area contributed by atoms with Gasteiger partial charge in [-0.3, -0.25) is 0 Å². The molecule has 19 heavy (non-hydrogen) atoms. The molecule has 0 radical (unpaired) electrons. The number of anilines is 2. The molecule has 2 rings (SSSR count). The molecule has 0 saturated carbocycles. The Kier molecular flexibility index (Phi) is 4.50. The van der Waals surface area contributed by atoms with E-state index < -0.39 is 0 Å². The first-order valence-corrected chi connectivity index (χ1v) is 6.85. The maximum atomic E-state index is 13.7. The summed E-state index contributed by atoms with van der Waals surface area (Å²) in [6.45, 7) is 1.84. The van der Waals surface area contributed by atoms with Crippen molar-refractivity contribution in [3.05, 3.63) is 58.3 Å². The Balaban J connectivity index is 2.08. The summed E-state index contributed by atoms with van der Waals surface area (Å²) >= 11 is 8.57. The predicted octanol–water partition coefficient (Wildman–Crippen LogP) is 4.71. The smallest absolute Gasteiger partial charge is 0.175 e. The largest absolute Gasteiger partial charge is 0.332 e. The molecule has 0 aromatic heterocycles. The fraction of sp³-hybridized carbons (Fsp3) is 0.0714. The van der Waals surface area contributed by atoms with Crippen molar-refractivity contribution >= 4 is 44.6 Å². The number of thiocarbonyl (C=S) groups is 1. The summed E-state index contributed by atoms with van der Waals surface area (Å²) in [5.74, 6) is -0.323. The van der Waals surface area contributed by atoms with E-state index >= 15 is 0 Å². The van der Waals surface area contributed by atoms with E-state index in [1.807, 2.05) is 37.3 Å². The van der Waals surface area contributed by atoms with Crippen LogP contribution in [0.5, 0.6) is 0 Å². The lowest BCUT2D eigenvalue weighted by Crippen LogP contribution is -2.20. The Hall–Kier alpha value is -1.46. The Morgan fingerprint density at radius 2 is 1.79 bits per heavy atom. The fourth-order valence-corrected chi connectivity index (χ4v) is 2.16. The molecule has 2 N–H and O–H groups in total. The van der Waals surface area contributed by atoms with Crippen molar-refractivity contribution in [3.8, 4) is 0 Å². The third-order valence-electron chi connectivity index (χ3n) is 2.49. The molecule has 0 aliphatic heterocycles. The molecule has 0 aliphatic rings. The van der Waals surface area contributed by atoms with Gasteiger partial charge in [-0.25, -0.2) is 4.39 Å². The molecule has 0 spiro atoms. The molecular weight excluding hydrogens is 327 g/mol. The van der Waals surface area contributed by atoms with Crippen LogP contribution in [0, 0.1) is 12.7 Å². The summed E-state index contributed by atoms with van der Waals surface area (Å²) in [7, 11) is 0. The molecule has 5 heteroatoms. The van der Waals surface area contributed by atoms with Crippen LogP contribution < -0.4 is 10.6 Å². The average Bonchev–Trinajstić information content (AvgIpc) is 2.36. The minimum Gasteiger partial charge on any atom is -0.332 e. The molecule has 0 fully saturated rings. The van der Waals surface area contributed by atoms with Crippen molar-refractivity contribution in [1.29, 1.82) is 0 Å². The zero-order valence-electron chi connectivity index (χ0n) is 10.2. The third kappa shape index (κ3) is 3.75. The number of nitrogens with one attached hydrogen (secondary N) is 2. The van der Waals surface area contributed by atoms with Crippen molar-refractivity contribution in [2.75, 3.05) is 10.6 Å². The molecule has 0 saturated heterocycles. The van der Waals surface area contributed by atoms with Crippen LogP contribution in [0.15, 0.2) is 46.9 Å². The van der Waals surface area contributed by atoms with Crippen LogP contribution >= 0.6 is 28.1 Å². The van der Waals surface area contributed by atoms with Crippen molar-refractivity contribution < 1.29 is 4.39 Å². The van der Waals surface area contributed by atoms with Crippen molar-refractivity contribution in [3.63, 3.8) is 0 Å². The lowest BCUT2D eigenvalue weighted by atomic mass is 10.2. The molecule has 2 aromatic carbocycles. The molecule has 0 bridgehead atoms. The van der Waals surface area contributed by atoms with Gasteiger partial charge in [0.1, 0.15) is 5.82 Å². The number of rotatable bonds is 2. The first-order valence-electron chi connectivity index (χ1n) is 5.65. The summed E-state index contributed by atoms with van der Waals surface area (Å²) in [4.78, 5) is 0. The second kappa shape index (κ2) is 6.12. The van der Waals surface area contributed by atoms with E-state index in [0.29, 0.717) is 10.8 Å². The highest BCUT2D eigenvalue weighted by atomic mass is 79.9. The van der Waals surface area contributed by atoms with E-state index in [-0.39, 0.29) is 5.82 Å². The summed E-state index contributed by atoms with van der Waals surface area (Å²) in [5, 5.41) is 6.19. The Morgan fingerprint density at radius 1 is 1.11 bits per heavy atom. The lowest BCUT2D eigenvalue weighted by molar-refractivity contribution is 0.631. The van der Waals surface area contributed by atoms with E-state index in [9.17, 15) is 4.39 Å². The molecule has 0 aliphatic carbocycles. The topological polar surface area (TPSA) is 24.1 Å². The average molecular weight is 339 g/mol. The van der Waals surface area contributed by atoms with Gasteiger partial charge in [-0.15, -0.1) is 0 Å². The van der Waals surface area contributed by atoms with Crippen LogP contribution in [0.25, 0.3) is 0 Å². The quantitative estimate of drug-likeness (QED) is 0.775. The van der Waals surface area contributed by atoms with E-state index in [0.717, 1.165) is 15.7 Å². The molecule has 0 unspecified atom stereocenters. The summed E-state index contributed by atoms with van der Waals surface area (Å²) in [6.07, 6.45) is 0. The van der Waals surface area contributed by atoms with Crippen LogP contribution in [0.2, 0.25) is 0 Å². The van der Waals surface area contributed by atoms with Crippen molar-refractivity contribution in [2.24, 2.45) is 0 Å². The van der Waals surface area contributed by atoms with Gasteiger partial charge in [0.05, 0.1) is 11.4 Å².